The summed E-state index contributed by atoms with van der Waals surface area (Å²) in [4.78, 5) is 0. The topological polar surface area (TPSA) is 58.2 Å². The van der Waals surface area contributed by atoms with Gasteiger partial charge in [-0.25, -0.2) is 13.1 Å². The van der Waals surface area contributed by atoms with Crippen molar-refractivity contribution in [1.29, 1.82) is 0 Å². The summed E-state index contributed by atoms with van der Waals surface area (Å²) in [5.41, 5.74) is 0. The summed E-state index contributed by atoms with van der Waals surface area (Å²) in [6.45, 7) is 2.45. The van der Waals surface area contributed by atoms with Gasteiger partial charge in [0.2, 0.25) is 10.0 Å². The molecule has 0 fully saturated rings. The van der Waals surface area contributed by atoms with Gasteiger partial charge in [-0.1, -0.05) is 12.2 Å². The van der Waals surface area contributed by atoms with E-state index in [1.807, 2.05) is 0 Å². The molecule has 1 atom stereocenters. The molecule has 1 unspecified atom stereocenters. The first-order chi connectivity index (χ1) is 7.58. The van der Waals surface area contributed by atoms with Crippen LogP contribution in [0.1, 0.15) is 25.7 Å². The second kappa shape index (κ2) is 7.04. The van der Waals surface area contributed by atoms with E-state index in [4.69, 9.17) is 0 Å². The molecule has 4 nitrogen and oxygen atoms in total. The van der Waals surface area contributed by atoms with Crippen molar-refractivity contribution in [3.63, 3.8) is 0 Å². The largest absolute Gasteiger partial charge is 0.316 e. The van der Waals surface area contributed by atoms with Gasteiger partial charge in [0.05, 0.1) is 6.26 Å². The summed E-state index contributed by atoms with van der Waals surface area (Å²) in [6, 6.07) is 0. The molecular formula is C11H22N2O2S. The summed E-state index contributed by atoms with van der Waals surface area (Å²) in [5.74, 6) is 0.757. The van der Waals surface area contributed by atoms with Gasteiger partial charge in [-0.3, -0.25) is 0 Å². The van der Waals surface area contributed by atoms with E-state index in [1.54, 1.807) is 0 Å². The average molecular weight is 246 g/mol. The lowest BCUT2D eigenvalue weighted by Crippen LogP contribution is -2.28. The van der Waals surface area contributed by atoms with Gasteiger partial charge in [-0.2, -0.15) is 0 Å². The molecular weight excluding hydrogens is 224 g/mol. The predicted octanol–water partition coefficient (Wildman–Crippen LogP) is 0.872. The molecule has 0 radical (unpaired) electrons. The maximum Gasteiger partial charge on any atom is 0.208 e. The minimum atomic E-state index is -3.02. The summed E-state index contributed by atoms with van der Waals surface area (Å²) < 4.78 is 24.0. The summed E-state index contributed by atoms with van der Waals surface area (Å²) in [6.07, 6.45) is 10.2. The molecule has 0 aliphatic heterocycles. The van der Waals surface area contributed by atoms with Crippen molar-refractivity contribution in [1.82, 2.24) is 10.0 Å². The van der Waals surface area contributed by atoms with Gasteiger partial charge in [0.1, 0.15) is 0 Å². The third-order valence-electron chi connectivity index (χ3n) is 2.71. The quantitative estimate of drug-likeness (QED) is 0.518. The van der Waals surface area contributed by atoms with Gasteiger partial charge < -0.3 is 5.32 Å². The minimum Gasteiger partial charge on any atom is -0.316 e. The fourth-order valence-corrected chi connectivity index (χ4v) is 2.33. The fourth-order valence-electron chi connectivity index (χ4n) is 1.82. The van der Waals surface area contributed by atoms with Gasteiger partial charge in [-0.15, -0.1) is 0 Å². The van der Waals surface area contributed by atoms with Crippen LogP contribution in [0.3, 0.4) is 0 Å². The standard InChI is InChI=1S/C11H22N2O2S/c1-16(14,15)13-9-5-8-12-10-11-6-3-2-4-7-11/h2-3,11-13H,4-10H2,1H3. The van der Waals surface area contributed by atoms with Gasteiger partial charge in [0.25, 0.3) is 0 Å². The van der Waals surface area contributed by atoms with Crippen LogP contribution in [0.5, 0.6) is 0 Å². The molecule has 0 aromatic rings. The highest BCUT2D eigenvalue weighted by Gasteiger charge is 2.08. The third kappa shape index (κ3) is 6.98. The van der Waals surface area contributed by atoms with Crippen LogP contribution < -0.4 is 10.0 Å². The molecule has 0 spiro atoms. The van der Waals surface area contributed by atoms with Crippen molar-refractivity contribution >= 4 is 10.0 Å². The molecule has 1 aliphatic carbocycles. The maximum absolute atomic E-state index is 10.8. The first-order valence-corrected chi connectivity index (χ1v) is 7.77. The SMILES string of the molecule is CS(=O)(=O)NCCCNCC1CC=CCC1. The van der Waals surface area contributed by atoms with Crippen molar-refractivity contribution < 1.29 is 8.42 Å². The Labute approximate surface area is 98.6 Å². The highest BCUT2D eigenvalue weighted by molar-refractivity contribution is 7.88. The molecule has 2 N–H and O–H groups in total. The Kier molecular flexibility index (Phi) is 6.01. The normalized spacial score (nSPS) is 21.2. The molecule has 0 aromatic heterocycles. The Morgan fingerprint density at radius 3 is 2.75 bits per heavy atom. The highest BCUT2D eigenvalue weighted by atomic mass is 32.2. The fraction of sp³-hybridized carbons (Fsp3) is 0.818. The Morgan fingerprint density at radius 2 is 2.12 bits per heavy atom. The van der Waals surface area contributed by atoms with Crippen LogP contribution in [0.15, 0.2) is 12.2 Å². The van der Waals surface area contributed by atoms with Crippen LogP contribution in [0.4, 0.5) is 0 Å². The second-order valence-corrected chi connectivity index (χ2v) is 6.21. The monoisotopic (exact) mass is 246 g/mol. The zero-order chi connectivity index (χ0) is 11.9. The molecule has 5 heteroatoms. The Morgan fingerprint density at radius 1 is 1.31 bits per heavy atom. The number of hydrogen-bond donors (Lipinski definition) is 2. The number of nitrogens with one attached hydrogen (secondary N) is 2. The lowest BCUT2D eigenvalue weighted by atomic mass is 9.94. The molecule has 0 aromatic carbocycles. The number of rotatable bonds is 7. The van der Waals surface area contributed by atoms with E-state index in [2.05, 4.69) is 22.2 Å². The summed E-state index contributed by atoms with van der Waals surface area (Å²) >= 11 is 0. The second-order valence-electron chi connectivity index (χ2n) is 4.37. The van der Waals surface area contributed by atoms with E-state index in [9.17, 15) is 8.42 Å². The zero-order valence-electron chi connectivity index (χ0n) is 9.91. The van der Waals surface area contributed by atoms with E-state index >= 15 is 0 Å². The number of allylic oxidation sites excluding steroid dienone is 2. The van der Waals surface area contributed by atoms with Gasteiger partial charge in [0, 0.05) is 6.54 Å². The van der Waals surface area contributed by atoms with Crippen LogP contribution in [-0.4, -0.2) is 34.3 Å². The van der Waals surface area contributed by atoms with E-state index in [0.717, 1.165) is 25.4 Å². The first kappa shape index (κ1) is 13.7. The zero-order valence-corrected chi connectivity index (χ0v) is 10.7. The number of hydrogen-bond acceptors (Lipinski definition) is 3. The van der Waals surface area contributed by atoms with Crippen LogP contribution in [0.25, 0.3) is 0 Å². The van der Waals surface area contributed by atoms with E-state index in [1.165, 1.54) is 25.5 Å². The van der Waals surface area contributed by atoms with Crippen LogP contribution in [0.2, 0.25) is 0 Å². The van der Waals surface area contributed by atoms with Crippen molar-refractivity contribution in [3.05, 3.63) is 12.2 Å². The summed E-state index contributed by atoms with van der Waals surface area (Å²) in [7, 11) is -3.02. The summed E-state index contributed by atoms with van der Waals surface area (Å²) in [5, 5.41) is 3.37. The molecule has 1 aliphatic rings. The number of sulfonamides is 1. The average Bonchev–Trinajstić information content (AvgIpc) is 2.23. The van der Waals surface area contributed by atoms with Crippen LogP contribution >= 0.6 is 0 Å². The molecule has 1 rings (SSSR count). The van der Waals surface area contributed by atoms with E-state index in [-0.39, 0.29) is 0 Å². The Bertz CT molecular complexity index is 312. The molecule has 16 heavy (non-hydrogen) atoms. The van der Waals surface area contributed by atoms with Crippen molar-refractivity contribution in [3.8, 4) is 0 Å². The first-order valence-electron chi connectivity index (χ1n) is 5.88. The molecule has 0 amide bonds. The van der Waals surface area contributed by atoms with Crippen LogP contribution in [-0.2, 0) is 10.0 Å². The van der Waals surface area contributed by atoms with Crippen LogP contribution in [0, 0.1) is 5.92 Å². The van der Waals surface area contributed by atoms with Crippen molar-refractivity contribution in [2.45, 2.75) is 25.7 Å². The molecule has 0 saturated heterocycles. The lowest BCUT2D eigenvalue weighted by Gasteiger charge is -2.18. The Hall–Kier alpha value is -0.390. The van der Waals surface area contributed by atoms with Gasteiger partial charge in [0.15, 0.2) is 0 Å². The third-order valence-corrected chi connectivity index (χ3v) is 3.43. The van der Waals surface area contributed by atoms with Gasteiger partial charge >= 0.3 is 0 Å². The minimum absolute atomic E-state index is 0.524. The van der Waals surface area contributed by atoms with Gasteiger partial charge in [-0.05, 0) is 44.7 Å². The molecule has 94 valence electrons. The molecule has 0 saturated carbocycles. The van der Waals surface area contributed by atoms with Crippen molar-refractivity contribution in [2.24, 2.45) is 5.92 Å². The molecule has 0 heterocycles. The van der Waals surface area contributed by atoms with E-state index < -0.39 is 10.0 Å². The Balaban J connectivity index is 1.94. The smallest absolute Gasteiger partial charge is 0.208 e. The molecule has 0 bridgehead atoms. The van der Waals surface area contributed by atoms with E-state index in [0.29, 0.717) is 6.54 Å². The predicted molar refractivity (Wildman–Crippen MR) is 66.8 cm³/mol. The van der Waals surface area contributed by atoms with Crippen molar-refractivity contribution in [2.75, 3.05) is 25.9 Å². The lowest BCUT2D eigenvalue weighted by molar-refractivity contribution is 0.439. The maximum atomic E-state index is 10.8. The highest BCUT2D eigenvalue weighted by Crippen LogP contribution is 2.16.